The number of aromatic nitrogens is 1. The summed E-state index contributed by atoms with van der Waals surface area (Å²) in [6.45, 7) is 0.998. The molecule has 0 aliphatic rings. The van der Waals surface area contributed by atoms with Crippen molar-refractivity contribution in [2.24, 2.45) is 0 Å². The number of ether oxygens (including phenoxy) is 2. The first-order chi connectivity index (χ1) is 9.31. The average Bonchev–Trinajstić information content (AvgIpc) is 2.80. The molecule has 0 fully saturated rings. The zero-order chi connectivity index (χ0) is 15.3. The number of methoxy groups -OCH3 is 2. The Morgan fingerprint density at radius 1 is 1.30 bits per heavy atom. The predicted molar refractivity (Wildman–Crippen MR) is 76.9 cm³/mol. The Balaban J connectivity index is 3.05. The molecule has 0 saturated heterocycles. The van der Waals surface area contributed by atoms with Crippen LogP contribution in [0, 0.1) is 0 Å². The van der Waals surface area contributed by atoms with Gasteiger partial charge in [0.15, 0.2) is 0 Å². The smallest absolute Gasteiger partial charge is 0.354 e. The van der Waals surface area contributed by atoms with E-state index in [1.54, 1.807) is 11.7 Å². The van der Waals surface area contributed by atoms with Crippen LogP contribution in [0.25, 0.3) is 0 Å². The number of alkyl halides is 3. The highest BCUT2D eigenvalue weighted by atomic mass is 35.6. The molecule has 8 heteroatoms. The minimum atomic E-state index is -2.06. The van der Waals surface area contributed by atoms with Gasteiger partial charge in [0.1, 0.15) is 5.69 Å². The lowest BCUT2D eigenvalue weighted by Gasteiger charge is -2.07. The van der Waals surface area contributed by atoms with Crippen LogP contribution in [-0.4, -0.2) is 40.9 Å². The number of Topliss-reactive ketones (excluding diaryl/α,β-unsaturated/α-hetero) is 1. The van der Waals surface area contributed by atoms with Crippen LogP contribution in [0.5, 0.6) is 0 Å². The Kier molecular flexibility index (Phi) is 6.33. The van der Waals surface area contributed by atoms with Crippen molar-refractivity contribution in [2.75, 3.05) is 20.8 Å². The monoisotopic (exact) mass is 341 g/mol. The molecule has 0 unspecified atom stereocenters. The van der Waals surface area contributed by atoms with E-state index in [1.165, 1.54) is 19.4 Å². The summed E-state index contributed by atoms with van der Waals surface area (Å²) in [6, 6.07) is 1.35. The van der Waals surface area contributed by atoms with Gasteiger partial charge in [0.2, 0.25) is 5.78 Å². The number of carbonyl (C=O) groups is 2. The Morgan fingerprint density at radius 2 is 1.95 bits per heavy atom. The first-order valence-corrected chi connectivity index (χ1v) is 6.83. The fraction of sp³-hybridized carbons (Fsp3) is 0.500. The van der Waals surface area contributed by atoms with Gasteiger partial charge in [-0.05, 0) is 12.5 Å². The molecule has 0 N–H and O–H groups in total. The number of halogens is 3. The molecular formula is C12H14Cl3NO4. The number of nitrogens with zero attached hydrogens (tertiary/aromatic N) is 1. The third-order valence-electron chi connectivity index (χ3n) is 2.56. The molecule has 20 heavy (non-hydrogen) atoms. The first kappa shape index (κ1) is 17.3. The normalized spacial score (nSPS) is 11.4. The van der Waals surface area contributed by atoms with Crippen LogP contribution in [-0.2, 0) is 16.0 Å². The van der Waals surface area contributed by atoms with Crippen LogP contribution in [0.1, 0.15) is 27.3 Å². The molecule has 0 amide bonds. The highest BCUT2D eigenvalue weighted by Crippen LogP contribution is 2.31. The molecule has 112 valence electrons. The summed E-state index contributed by atoms with van der Waals surface area (Å²) in [5.74, 6) is -1.26. The molecule has 1 rings (SSSR count). The Labute approximate surface area is 131 Å². The zero-order valence-electron chi connectivity index (χ0n) is 11.0. The van der Waals surface area contributed by atoms with Gasteiger partial charge in [-0.2, -0.15) is 0 Å². The average molecular weight is 343 g/mol. The summed E-state index contributed by atoms with van der Waals surface area (Å²) in [5.41, 5.74) is 0.365. The summed E-state index contributed by atoms with van der Waals surface area (Å²) in [4.78, 5) is 23.6. The second-order valence-corrected chi connectivity index (χ2v) is 6.25. The number of esters is 1. The Bertz CT molecular complexity index is 493. The summed E-state index contributed by atoms with van der Waals surface area (Å²) in [7, 11) is 2.83. The van der Waals surface area contributed by atoms with E-state index in [0.29, 0.717) is 19.6 Å². The highest BCUT2D eigenvalue weighted by molar-refractivity contribution is 6.77. The number of rotatable bonds is 6. The van der Waals surface area contributed by atoms with Crippen LogP contribution in [0.2, 0.25) is 0 Å². The highest BCUT2D eigenvalue weighted by Gasteiger charge is 2.33. The number of ketones is 1. The van der Waals surface area contributed by atoms with Crippen LogP contribution < -0.4 is 0 Å². The third kappa shape index (κ3) is 4.38. The second-order valence-electron chi connectivity index (χ2n) is 3.97. The summed E-state index contributed by atoms with van der Waals surface area (Å²) >= 11 is 16.7. The van der Waals surface area contributed by atoms with Crippen LogP contribution in [0.3, 0.4) is 0 Å². The second kappa shape index (κ2) is 7.31. The number of hydrogen-bond acceptors (Lipinski definition) is 4. The molecular weight excluding hydrogens is 328 g/mol. The maximum atomic E-state index is 11.9. The van der Waals surface area contributed by atoms with Crippen LogP contribution >= 0.6 is 34.8 Å². The summed E-state index contributed by atoms with van der Waals surface area (Å²) < 4.78 is 9.11. The van der Waals surface area contributed by atoms with E-state index in [2.05, 4.69) is 4.74 Å². The fourth-order valence-corrected chi connectivity index (χ4v) is 1.97. The van der Waals surface area contributed by atoms with E-state index in [-0.39, 0.29) is 11.3 Å². The molecule has 1 heterocycles. The van der Waals surface area contributed by atoms with Crippen molar-refractivity contribution >= 4 is 46.6 Å². The van der Waals surface area contributed by atoms with Gasteiger partial charge in [0, 0.05) is 32.0 Å². The lowest BCUT2D eigenvalue weighted by atomic mass is 10.2. The van der Waals surface area contributed by atoms with Gasteiger partial charge < -0.3 is 14.0 Å². The maximum absolute atomic E-state index is 11.9. The molecule has 0 spiro atoms. The van der Waals surface area contributed by atoms with Crippen LogP contribution in [0.4, 0.5) is 0 Å². The van der Waals surface area contributed by atoms with E-state index >= 15 is 0 Å². The van der Waals surface area contributed by atoms with Crippen molar-refractivity contribution in [1.29, 1.82) is 0 Å². The molecule has 1 aromatic rings. The molecule has 0 bridgehead atoms. The largest absolute Gasteiger partial charge is 0.464 e. The molecule has 0 aromatic carbocycles. The number of aryl methyl sites for hydroxylation is 1. The number of hydrogen-bond donors (Lipinski definition) is 0. The van der Waals surface area contributed by atoms with E-state index in [1.807, 2.05) is 0 Å². The lowest BCUT2D eigenvalue weighted by molar-refractivity contribution is 0.0587. The third-order valence-corrected chi connectivity index (χ3v) is 3.07. The molecule has 1 aromatic heterocycles. The molecule has 5 nitrogen and oxygen atoms in total. The lowest BCUT2D eigenvalue weighted by Crippen LogP contribution is -2.18. The van der Waals surface area contributed by atoms with E-state index in [4.69, 9.17) is 39.5 Å². The van der Waals surface area contributed by atoms with Gasteiger partial charge in [-0.25, -0.2) is 4.79 Å². The van der Waals surface area contributed by atoms with Gasteiger partial charge in [-0.3, -0.25) is 4.79 Å². The quantitative estimate of drug-likeness (QED) is 0.345. The Hall–Kier alpha value is -0.750. The van der Waals surface area contributed by atoms with Gasteiger partial charge >= 0.3 is 5.97 Å². The summed E-state index contributed by atoms with van der Waals surface area (Å²) in [6.07, 6.45) is 2.13. The number of carbonyl (C=O) groups excluding carboxylic acids is 2. The van der Waals surface area contributed by atoms with Crippen molar-refractivity contribution in [3.05, 3.63) is 23.5 Å². The minimum Gasteiger partial charge on any atom is -0.464 e. The Morgan fingerprint density at radius 3 is 2.45 bits per heavy atom. The van der Waals surface area contributed by atoms with Crippen molar-refractivity contribution < 1.29 is 19.1 Å². The van der Waals surface area contributed by atoms with E-state index in [9.17, 15) is 9.59 Å². The standard InChI is InChI=1S/C12H14Cl3NO4/c1-19-5-3-4-16-7-8(10(17)12(13,14)15)6-9(16)11(18)20-2/h6-7H,3-5H2,1-2H3. The zero-order valence-corrected chi connectivity index (χ0v) is 13.3. The molecule has 0 aliphatic heterocycles. The summed E-state index contributed by atoms with van der Waals surface area (Å²) in [5, 5.41) is 0. The SMILES string of the molecule is COCCCn1cc(C(=O)C(Cl)(Cl)Cl)cc1C(=O)OC. The van der Waals surface area contributed by atoms with Crippen molar-refractivity contribution in [1.82, 2.24) is 4.57 Å². The van der Waals surface area contributed by atoms with Crippen LogP contribution in [0.15, 0.2) is 12.3 Å². The van der Waals surface area contributed by atoms with Gasteiger partial charge in [0.05, 0.1) is 7.11 Å². The van der Waals surface area contributed by atoms with Gasteiger partial charge in [0.25, 0.3) is 3.79 Å². The van der Waals surface area contributed by atoms with Gasteiger partial charge in [-0.1, -0.05) is 34.8 Å². The van der Waals surface area contributed by atoms with Crippen molar-refractivity contribution in [3.8, 4) is 0 Å². The molecule has 0 saturated carbocycles. The van der Waals surface area contributed by atoms with Crippen molar-refractivity contribution in [2.45, 2.75) is 16.8 Å². The molecule has 0 radical (unpaired) electrons. The molecule has 0 atom stereocenters. The van der Waals surface area contributed by atoms with E-state index in [0.717, 1.165) is 0 Å². The predicted octanol–water partition coefficient (Wildman–Crippen LogP) is 2.86. The topological polar surface area (TPSA) is 57.5 Å². The van der Waals surface area contributed by atoms with Gasteiger partial charge in [-0.15, -0.1) is 0 Å². The van der Waals surface area contributed by atoms with Crippen molar-refractivity contribution in [3.63, 3.8) is 0 Å². The van der Waals surface area contributed by atoms with E-state index < -0.39 is 15.5 Å². The fourth-order valence-electron chi connectivity index (χ4n) is 1.64. The maximum Gasteiger partial charge on any atom is 0.354 e. The molecule has 0 aliphatic carbocycles. The minimum absolute atomic E-state index is 0.141. The first-order valence-electron chi connectivity index (χ1n) is 5.70.